The zero-order valence-corrected chi connectivity index (χ0v) is 12.4. The number of nitrogens with zero attached hydrogens (tertiary/aromatic N) is 1. The molecule has 3 rings (SSSR count). The van der Waals surface area contributed by atoms with Gasteiger partial charge in [-0.1, -0.05) is 12.1 Å². The monoisotopic (exact) mass is 314 g/mol. The normalized spacial score (nSPS) is 12.6. The van der Waals surface area contributed by atoms with Gasteiger partial charge in [0.2, 0.25) is 0 Å². The van der Waals surface area contributed by atoms with Crippen molar-refractivity contribution in [1.82, 2.24) is 0 Å². The topological polar surface area (TPSA) is 90.7 Å². The molecular formula is C16H14N2O5. The van der Waals surface area contributed by atoms with Crippen molar-refractivity contribution >= 4 is 17.3 Å². The Kier molecular flexibility index (Phi) is 3.84. The largest absolute Gasteiger partial charge is 0.486 e. The molecule has 0 saturated heterocycles. The lowest BCUT2D eigenvalue weighted by Crippen LogP contribution is -2.17. The first kappa shape index (κ1) is 14.8. The Hall–Kier alpha value is -3.09. The molecule has 1 heterocycles. The van der Waals surface area contributed by atoms with Crippen LogP contribution in [0.25, 0.3) is 0 Å². The van der Waals surface area contributed by atoms with Gasteiger partial charge >= 0.3 is 0 Å². The zero-order valence-electron chi connectivity index (χ0n) is 12.4. The van der Waals surface area contributed by atoms with E-state index in [2.05, 4.69) is 5.32 Å². The maximum absolute atomic E-state index is 12.4. The Morgan fingerprint density at radius 2 is 1.91 bits per heavy atom. The van der Waals surface area contributed by atoms with E-state index < -0.39 is 10.8 Å². The van der Waals surface area contributed by atoms with Crippen LogP contribution in [0.15, 0.2) is 36.4 Å². The predicted molar refractivity (Wildman–Crippen MR) is 83.2 cm³/mol. The highest BCUT2D eigenvalue weighted by molar-refractivity contribution is 6.07. The van der Waals surface area contributed by atoms with Gasteiger partial charge in [0.05, 0.1) is 4.92 Å². The Morgan fingerprint density at radius 1 is 1.17 bits per heavy atom. The van der Waals surface area contributed by atoms with E-state index in [4.69, 9.17) is 9.47 Å². The smallest absolute Gasteiger partial charge is 0.285 e. The van der Waals surface area contributed by atoms with E-state index in [1.54, 1.807) is 37.3 Å². The molecule has 0 fully saturated rings. The maximum Gasteiger partial charge on any atom is 0.285 e. The molecule has 0 spiro atoms. The van der Waals surface area contributed by atoms with Crippen molar-refractivity contribution in [3.05, 3.63) is 57.6 Å². The molecule has 7 nitrogen and oxygen atoms in total. The molecule has 0 atom stereocenters. The Morgan fingerprint density at radius 3 is 2.65 bits per heavy atom. The van der Waals surface area contributed by atoms with E-state index >= 15 is 0 Å². The summed E-state index contributed by atoms with van der Waals surface area (Å²) in [6.45, 7) is 2.51. The molecule has 0 saturated carbocycles. The van der Waals surface area contributed by atoms with Crippen LogP contribution < -0.4 is 14.8 Å². The number of carbonyl (C=O) groups is 1. The van der Waals surface area contributed by atoms with Crippen molar-refractivity contribution in [3.8, 4) is 11.5 Å². The molecule has 118 valence electrons. The van der Waals surface area contributed by atoms with Gasteiger partial charge in [0.15, 0.2) is 11.5 Å². The second kappa shape index (κ2) is 5.96. The van der Waals surface area contributed by atoms with Gasteiger partial charge in [-0.15, -0.1) is 0 Å². The minimum atomic E-state index is -0.548. The van der Waals surface area contributed by atoms with E-state index in [0.29, 0.717) is 36.0 Å². The summed E-state index contributed by atoms with van der Waals surface area (Å²) < 4.78 is 10.9. The summed E-state index contributed by atoms with van der Waals surface area (Å²) in [6.07, 6.45) is 0. The van der Waals surface area contributed by atoms with Crippen molar-refractivity contribution in [2.45, 2.75) is 6.92 Å². The summed E-state index contributed by atoms with van der Waals surface area (Å²) >= 11 is 0. The van der Waals surface area contributed by atoms with E-state index in [9.17, 15) is 14.9 Å². The SMILES string of the molecule is Cc1cccc(C(=O)Nc2ccc3c(c2)OCCO3)c1[N+](=O)[O-]. The first-order chi connectivity index (χ1) is 11.1. The third-order valence-electron chi connectivity index (χ3n) is 3.47. The van der Waals surface area contributed by atoms with Crippen molar-refractivity contribution in [3.63, 3.8) is 0 Å². The van der Waals surface area contributed by atoms with Crippen LogP contribution in [-0.2, 0) is 0 Å². The quantitative estimate of drug-likeness (QED) is 0.695. The molecule has 0 radical (unpaired) electrons. The Labute approximate surface area is 132 Å². The van der Waals surface area contributed by atoms with Crippen molar-refractivity contribution in [2.75, 3.05) is 18.5 Å². The molecule has 1 amide bonds. The van der Waals surface area contributed by atoms with Crippen LogP contribution in [0.5, 0.6) is 11.5 Å². The number of nitro groups is 1. The fourth-order valence-corrected chi connectivity index (χ4v) is 2.40. The van der Waals surface area contributed by atoms with Gasteiger partial charge in [0, 0.05) is 17.3 Å². The van der Waals surface area contributed by atoms with Crippen LogP contribution in [0.1, 0.15) is 15.9 Å². The number of carbonyl (C=O) groups excluding carboxylic acids is 1. The number of amides is 1. The fourth-order valence-electron chi connectivity index (χ4n) is 2.40. The highest BCUT2D eigenvalue weighted by atomic mass is 16.6. The van der Waals surface area contributed by atoms with E-state index in [0.717, 1.165) is 0 Å². The molecule has 2 aromatic carbocycles. The summed E-state index contributed by atoms with van der Waals surface area (Å²) in [6, 6.07) is 9.62. The lowest BCUT2D eigenvalue weighted by Gasteiger charge is -2.19. The van der Waals surface area contributed by atoms with E-state index in [-0.39, 0.29) is 11.3 Å². The first-order valence-electron chi connectivity index (χ1n) is 7.01. The number of para-hydroxylation sites is 1. The number of nitro benzene ring substituents is 1. The number of nitrogens with one attached hydrogen (secondary N) is 1. The maximum atomic E-state index is 12.4. The minimum Gasteiger partial charge on any atom is -0.486 e. The number of hydrogen-bond acceptors (Lipinski definition) is 5. The van der Waals surface area contributed by atoms with Crippen LogP contribution in [-0.4, -0.2) is 24.0 Å². The van der Waals surface area contributed by atoms with Crippen molar-refractivity contribution < 1.29 is 19.2 Å². The molecule has 23 heavy (non-hydrogen) atoms. The predicted octanol–water partition coefficient (Wildman–Crippen LogP) is 2.93. The molecule has 0 unspecified atom stereocenters. The molecule has 0 aromatic heterocycles. The Balaban J connectivity index is 1.88. The molecule has 7 heteroatoms. The standard InChI is InChI=1S/C16H14N2O5/c1-10-3-2-4-12(15(10)18(20)21)16(19)17-11-5-6-13-14(9-11)23-8-7-22-13/h2-6,9H,7-8H2,1H3,(H,17,19). The first-order valence-corrected chi connectivity index (χ1v) is 7.01. The summed E-state index contributed by atoms with van der Waals surface area (Å²) in [5.74, 6) is 0.598. The lowest BCUT2D eigenvalue weighted by molar-refractivity contribution is -0.385. The number of anilines is 1. The number of benzene rings is 2. The number of hydrogen-bond donors (Lipinski definition) is 1. The second-order valence-corrected chi connectivity index (χ2v) is 5.04. The van der Waals surface area contributed by atoms with Crippen molar-refractivity contribution in [1.29, 1.82) is 0 Å². The molecule has 1 N–H and O–H groups in total. The van der Waals surface area contributed by atoms with E-state index in [1.807, 2.05) is 0 Å². The van der Waals surface area contributed by atoms with Gasteiger partial charge < -0.3 is 14.8 Å². The summed E-state index contributed by atoms with van der Waals surface area (Å²) in [7, 11) is 0. The summed E-state index contributed by atoms with van der Waals surface area (Å²) in [5, 5.41) is 13.8. The summed E-state index contributed by atoms with van der Waals surface area (Å²) in [5.41, 5.74) is 0.743. The molecule has 2 aromatic rings. The van der Waals surface area contributed by atoms with Gasteiger partial charge in [-0.25, -0.2) is 0 Å². The van der Waals surface area contributed by atoms with Crippen LogP contribution >= 0.6 is 0 Å². The Bertz CT molecular complexity index is 788. The van der Waals surface area contributed by atoms with Gasteiger partial charge in [0.25, 0.3) is 11.6 Å². The van der Waals surface area contributed by atoms with Crippen molar-refractivity contribution in [2.24, 2.45) is 0 Å². The molecule has 0 bridgehead atoms. The van der Waals surface area contributed by atoms with E-state index in [1.165, 1.54) is 6.07 Å². The van der Waals surface area contributed by atoms with Crippen LogP contribution in [0.2, 0.25) is 0 Å². The second-order valence-electron chi connectivity index (χ2n) is 5.04. The van der Waals surface area contributed by atoms with Gasteiger partial charge in [0.1, 0.15) is 18.8 Å². The number of fused-ring (bicyclic) bond motifs is 1. The third-order valence-corrected chi connectivity index (χ3v) is 3.47. The zero-order chi connectivity index (χ0) is 16.4. The van der Waals surface area contributed by atoms with Crippen LogP contribution in [0.4, 0.5) is 11.4 Å². The fraction of sp³-hybridized carbons (Fsp3) is 0.188. The number of aryl methyl sites for hydroxylation is 1. The highest BCUT2D eigenvalue weighted by Gasteiger charge is 2.23. The van der Waals surface area contributed by atoms with Gasteiger partial charge in [-0.05, 0) is 25.1 Å². The molecule has 1 aliphatic rings. The number of ether oxygens (including phenoxy) is 2. The van der Waals surface area contributed by atoms with Gasteiger partial charge in [-0.3, -0.25) is 14.9 Å². The average molecular weight is 314 g/mol. The minimum absolute atomic E-state index is 0.0184. The average Bonchev–Trinajstić information content (AvgIpc) is 2.54. The van der Waals surface area contributed by atoms with Crippen LogP contribution in [0.3, 0.4) is 0 Å². The molecule has 1 aliphatic heterocycles. The number of rotatable bonds is 3. The van der Waals surface area contributed by atoms with Gasteiger partial charge in [-0.2, -0.15) is 0 Å². The lowest BCUT2D eigenvalue weighted by atomic mass is 10.1. The van der Waals surface area contributed by atoms with Crippen LogP contribution in [0, 0.1) is 17.0 Å². The third kappa shape index (κ3) is 2.94. The summed E-state index contributed by atoms with van der Waals surface area (Å²) in [4.78, 5) is 23.0. The molecular weight excluding hydrogens is 300 g/mol. The highest BCUT2D eigenvalue weighted by Crippen LogP contribution is 2.33. The molecule has 0 aliphatic carbocycles.